The third-order valence-corrected chi connectivity index (χ3v) is 9.13. The van der Waals surface area contributed by atoms with E-state index in [1.807, 2.05) is 23.1 Å². The van der Waals surface area contributed by atoms with Crippen molar-refractivity contribution in [3.05, 3.63) is 77.4 Å². The maximum absolute atomic E-state index is 13.7. The van der Waals surface area contributed by atoms with E-state index in [0.717, 1.165) is 100 Å². The third kappa shape index (κ3) is 6.25. The fourth-order valence-corrected chi connectivity index (χ4v) is 6.62. The van der Waals surface area contributed by atoms with Gasteiger partial charge in [-0.2, -0.15) is 5.10 Å². The van der Waals surface area contributed by atoms with E-state index in [4.69, 9.17) is 9.84 Å². The minimum absolute atomic E-state index is 0.181. The summed E-state index contributed by atoms with van der Waals surface area (Å²) in [7, 11) is 0. The molecular weight excluding hydrogens is 498 g/mol. The Morgan fingerprint density at radius 2 is 1.85 bits per heavy atom. The van der Waals surface area contributed by atoms with Crippen molar-refractivity contribution < 1.29 is 9.53 Å². The standard InChI is InChI=1S/C33H43N5O2/c1-2-38-24-29(31(35-38)27-13-14-27)32(39)37-19-16-33(17-20-37)15-7-5-10-26-9-3-4-12-30(26)40-22-21-36(25-33)23-28-11-6-8-18-34-28/h3-4,6,8-9,11-12,18,24,27H,2,5,7,10,13-17,19-23,25H2,1H3. The van der Waals surface area contributed by atoms with Crippen LogP contribution in [0.2, 0.25) is 0 Å². The van der Waals surface area contributed by atoms with Gasteiger partial charge >= 0.3 is 0 Å². The summed E-state index contributed by atoms with van der Waals surface area (Å²) in [5.74, 6) is 1.68. The number of para-hydroxylation sites is 1. The molecule has 1 spiro atoms. The quantitative estimate of drug-likeness (QED) is 0.414. The molecule has 0 radical (unpaired) electrons. The summed E-state index contributed by atoms with van der Waals surface area (Å²) in [5, 5.41) is 4.76. The highest BCUT2D eigenvalue weighted by Gasteiger charge is 2.39. The lowest BCUT2D eigenvalue weighted by atomic mass is 9.73. The molecule has 3 aromatic rings. The molecule has 0 N–H and O–H groups in total. The molecule has 2 aromatic heterocycles. The first-order valence-electron chi connectivity index (χ1n) is 15.3. The molecule has 212 valence electrons. The predicted octanol–water partition coefficient (Wildman–Crippen LogP) is 5.71. The van der Waals surface area contributed by atoms with Crippen LogP contribution in [0.3, 0.4) is 0 Å². The van der Waals surface area contributed by atoms with E-state index in [1.165, 1.54) is 18.4 Å². The Hall–Kier alpha value is -3.19. The monoisotopic (exact) mass is 541 g/mol. The van der Waals surface area contributed by atoms with Gasteiger partial charge < -0.3 is 9.64 Å². The number of ether oxygens (including phenoxy) is 1. The highest BCUT2D eigenvalue weighted by molar-refractivity contribution is 5.95. The van der Waals surface area contributed by atoms with Gasteiger partial charge in [-0.3, -0.25) is 19.4 Å². The number of fused-ring (bicyclic) bond motifs is 1. The second-order valence-corrected chi connectivity index (χ2v) is 12.0. The SMILES string of the molecule is CCn1cc(C(=O)N2CCC3(CCCCc4ccccc4OCCN(Cc4ccccn4)C3)CC2)c(C2CC2)n1. The van der Waals surface area contributed by atoms with Gasteiger partial charge in [0.2, 0.25) is 0 Å². The molecular formula is C33H43N5O2. The number of nitrogens with zero attached hydrogens (tertiary/aromatic N) is 5. The molecule has 0 unspecified atom stereocenters. The Morgan fingerprint density at radius 3 is 2.62 bits per heavy atom. The number of hydrogen-bond donors (Lipinski definition) is 0. The van der Waals surface area contributed by atoms with Gasteiger partial charge in [-0.25, -0.2) is 0 Å². The molecule has 4 heterocycles. The zero-order chi connectivity index (χ0) is 27.4. The fourth-order valence-electron chi connectivity index (χ4n) is 6.62. The Kier molecular flexibility index (Phi) is 8.19. The molecule has 40 heavy (non-hydrogen) atoms. The normalized spacial score (nSPS) is 20.3. The maximum atomic E-state index is 13.7. The number of amides is 1. The molecule has 2 fully saturated rings. The van der Waals surface area contributed by atoms with Gasteiger partial charge in [-0.1, -0.05) is 30.7 Å². The molecule has 0 atom stereocenters. The van der Waals surface area contributed by atoms with Gasteiger partial charge in [0, 0.05) is 57.6 Å². The average molecular weight is 542 g/mol. The van der Waals surface area contributed by atoms with Crippen LogP contribution in [0.15, 0.2) is 54.9 Å². The first-order valence-corrected chi connectivity index (χ1v) is 15.3. The second kappa shape index (κ2) is 12.1. The van der Waals surface area contributed by atoms with Gasteiger partial charge in [0.25, 0.3) is 5.91 Å². The molecule has 7 heteroatoms. The van der Waals surface area contributed by atoms with E-state index in [1.54, 1.807) is 0 Å². The summed E-state index contributed by atoms with van der Waals surface area (Å²) >= 11 is 0. The van der Waals surface area contributed by atoms with E-state index < -0.39 is 0 Å². The molecule has 1 aromatic carbocycles. The molecule has 0 bridgehead atoms. The van der Waals surface area contributed by atoms with E-state index >= 15 is 0 Å². The minimum Gasteiger partial charge on any atom is -0.492 e. The average Bonchev–Trinajstić information content (AvgIpc) is 3.74. The van der Waals surface area contributed by atoms with Crippen LogP contribution in [0.1, 0.15) is 85.1 Å². The van der Waals surface area contributed by atoms with Crippen LogP contribution in [-0.2, 0) is 19.5 Å². The van der Waals surface area contributed by atoms with Crippen LogP contribution in [0, 0.1) is 5.41 Å². The van der Waals surface area contributed by atoms with E-state index in [2.05, 4.69) is 58.1 Å². The van der Waals surface area contributed by atoms with E-state index in [0.29, 0.717) is 12.5 Å². The largest absolute Gasteiger partial charge is 0.492 e. The van der Waals surface area contributed by atoms with Crippen molar-refractivity contribution in [2.24, 2.45) is 5.41 Å². The van der Waals surface area contributed by atoms with Crippen LogP contribution in [-0.4, -0.2) is 63.3 Å². The number of aryl methyl sites for hydroxylation is 2. The van der Waals surface area contributed by atoms with Gasteiger partial charge in [0.05, 0.1) is 17.0 Å². The van der Waals surface area contributed by atoms with Crippen LogP contribution < -0.4 is 4.74 Å². The van der Waals surface area contributed by atoms with Gasteiger partial charge in [-0.05, 0) is 81.0 Å². The Morgan fingerprint density at radius 1 is 1.02 bits per heavy atom. The number of carbonyl (C=O) groups excluding carboxylic acids is 1. The van der Waals surface area contributed by atoms with Crippen molar-refractivity contribution in [1.29, 1.82) is 0 Å². The number of pyridine rings is 1. The number of hydrogen-bond acceptors (Lipinski definition) is 5. The lowest BCUT2D eigenvalue weighted by Crippen LogP contribution is -2.48. The zero-order valence-electron chi connectivity index (χ0n) is 23.9. The number of rotatable bonds is 5. The summed E-state index contributed by atoms with van der Waals surface area (Å²) in [6.07, 6.45) is 12.9. The van der Waals surface area contributed by atoms with Crippen molar-refractivity contribution in [3.63, 3.8) is 0 Å². The number of likely N-dealkylation sites (tertiary alicyclic amines) is 1. The summed E-state index contributed by atoms with van der Waals surface area (Å²) < 4.78 is 8.26. The van der Waals surface area contributed by atoms with Crippen LogP contribution in [0.4, 0.5) is 0 Å². The number of benzene rings is 1. The number of aromatic nitrogens is 3. The zero-order valence-corrected chi connectivity index (χ0v) is 23.9. The predicted molar refractivity (Wildman–Crippen MR) is 156 cm³/mol. The minimum atomic E-state index is 0.181. The number of carbonyl (C=O) groups is 1. The smallest absolute Gasteiger partial charge is 0.257 e. The lowest BCUT2D eigenvalue weighted by molar-refractivity contribution is 0.0358. The molecule has 1 amide bonds. The Bertz CT molecular complexity index is 1280. The first-order chi connectivity index (χ1) is 19.6. The van der Waals surface area contributed by atoms with Gasteiger partial charge in [0.1, 0.15) is 12.4 Å². The van der Waals surface area contributed by atoms with Crippen LogP contribution in [0.25, 0.3) is 0 Å². The van der Waals surface area contributed by atoms with Crippen molar-refractivity contribution in [2.75, 3.05) is 32.8 Å². The van der Waals surface area contributed by atoms with Crippen LogP contribution >= 0.6 is 0 Å². The lowest BCUT2D eigenvalue weighted by Gasteiger charge is -2.45. The number of piperidine rings is 1. The van der Waals surface area contributed by atoms with Crippen molar-refractivity contribution in [2.45, 2.75) is 77.3 Å². The molecule has 1 saturated heterocycles. The molecule has 7 nitrogen and oxygen atoms in total. The highest BCUT2D eigenvalue weighted by Crippen LogP contribution is 2.42. The van der Waals surface area contributed by atoms with Crippen molar-refractivity contribution in [3.8, 4) is 5.75 Å². The Labute approximate surface area is 238 Å². The highest BCUT2D eigenvalue weighted by atomic mass is 16.5. The summed E-state index contributed by atoms with van der Waals surface area (Å²) in [6, 6.07) is 14.7. The Balaban J connectivity index is 1.19. The van der Waals surface area contributed by atoms with E-state index in [-0.39, 0.29) is 11.3 Å². The third-order valence-electron chi connectivity index (χ3n) is 9.13. The summed E-state index contributed by atoms with van der Waals surface area (Å²) in [4.78, 5) is 23.0. The summed E-state index contributed by atoms with van der Waals surface area (Å²) in [5.41, 5.74) is 4.47. The van der Waals surface area contributed by atoms with Gasteiger partial charge in [0.15, 0.2) is 0 Å². The van der Waals surface area contributed by atoms with Crippen LogP contribution in [0.5, 0.6) is 5.75 Å². The van der Waals surface area contributed by atoms with Crippen molar-refractivity contribution >= 4 is 5.91 Å². The van der Waals surface area contributed by atoms with Gasteiger partial charge in [-0.15, -0.1) is 0 Å². The molecule has 6 rings (SSSR count). The van der Waals surface area contributed by atoms with E-state index in [9.17, 15) is 4.79 Å². The molecule has 2 aliphatic heterocycles. The molecule has 1 saturated carbocycles. The maximum Gasteiger partial charge on any atom is 0.257 e. The second-order valence-electron chi connectivity index (χ2n) is 12.0. The molecule has 3 aliphatic rings. The first kappa shape index (κ1) is 27.0. The topological polar surface area (TPSA) is 63.5 Å². The fraction of sp³-hybridized carbons (Fsp3) is 0.545. The van der Waals surface area contributed by atoms with Crippen molar-refractivity contribution in [1.82, 2.24) is 24.6 Å². The summed E-state index contributed by atoms with van der Waals surface area (Å²) in [6.45, 7) is 7.87. The molecule has 1 aliphatic carbocycles.